The van der Waals surface area contributed by atoms with Crippen LogP contribution in [0.2, 0.25) is 5.02 Å². The summed E-state index contributed by atoms with van der Waals surface area (Å²) in [4.78, 5) is -0.420. The van der Waals surface area contributed by atoms with Crippen molar-refractivity contribution < 1.29 is 12.8 Å². The lowest BCUT2D eigenvalue weighted by Crippen LogP contribution is -2.35. The van der Waals surface area contributed by atoms with Gasteiger partial charge in [0.25, 0.3) is 0 Å². The third kappa shape index (κ3) is 1.35. The third-order valence-electron chi connectivity index (χ3n) is 1.85. The van der Waals surface area contributed by atoms with Gasteiger partial charge in [0.2, 0.25) is 10.0 Å². The first-order valence-electron chi connectivity index (χ1n) is 3.74. The van der Waals surface area contributed by atoms with Crippen LogP contribution >= 0.6 is 11.6 Å². The molecule has 1 aliphatic heterocycles. The molecule has 0 spiro atoms. The molecule has 76 valence electrons. The second kappa shape index (κ2) is 3.08. The van der Waals surface area contributed by atoms with Crippen LogP contribution in [0.4, 0.5) is 10.1 Å². The molecule has 0 unspecified atom stereocenters. The van der Waals surface area contributed by atoms with Gasteiger partial charge < -0.3 is 5.32 Å². The number of benzene rings is 1. The molecule has 7 heteroatoms. The number of sulfonamides is 1. The van der Waals surface area contributed by atoms with Crippen molar-refractivity contribution in [2.45, 2.75) is 4.90 Å². The van der Waals surface area contributed by atoms with Crippen LogP contribution in [-0.4, -0.2) is 15.1 Å². The maximum absolute atomic E-state index is 13.2. The van der Waals surface area contributed by atoms with E-state index < -0.39 is 20.7 Å². The summed E-state index contributed by atoms with van der Waals surface area (Å²) in [5.74, 6) is -0.816. The highest BCUT2D eigenvalue weighted by molar-refractivity contribution is 7.89. The zero-order valence-electron chi connectivity index (χ0n) is 6.84. The summed E-state index contributed by atoms with van der Waals surface area (Å²) in [7, 11) is -3.77. The number of fused-ring (bicyclic) bond motifs is 1. The molecule has 0 saturated carbocycles. The van der Waals surface area contributed by atoms with E-state index in [0.717, 1.165) is 6.07 Å². The first-order valence-corrected chi connectivity index (χ1v) is 5.60. The van der Waals surface area contributed by atoms with Crippen molar-refractivity contribution in [3.8, 4) is 0 Å². The van der Waals surface area contributed by atoms with Crippen LogP contribution in [0.25, 0.3) is 0 Å². The Morgan fingerprint density at radius 2 is 2.14 bits per heavy atom. The fourth-order valence-electron chi connectivity index (χ4n) is 1.25. The molecule has 14 heavy (non-hydrogen) atoms. The normalized spacial score (nSPS) is 18.4. The molecule has 0 bridgehead atoms. The third-order valence-corrected chi connectivity index (χ3v) is 3.63. The van der Waals surface area contributed by atoms with Crippen LogP contribution in [0.15, 0.2) is 17.0 Å². The minimum Gasteiger partial charge on any atom is -0.369 e. The predicted octanol–water partition coefficient (Wildman–Crippen LogP) is 1.14. The highest BCUT2D eigenvalue weighted by Crippen LogP contribution is 2.33. The molecule has 1 aromatic rings. The van der Waals surface area contributed by atoms with Gasteiger partial charge in [0, 0.05) is 0 Å². The van der Waals surface area contributed by atoms with E-state index in [4.69, 9.17) is 11.6 Å². The van der Waals surface area contributed by atoms with Gasteiger partial charge in [-0.2, -0.15) is 4.72 Å². The van der Waals surface area contributed by atoms with Gasteiger partial charge in [0.05, 0.1) is 17.4 Å². The van der Waals surface area contributed by atoms with Gasteiger partial charge in [-0.3, -0.25) is 0 Å². The molecule has 1 aromatic carbocycles. The van der Waals surface area contributed by atoms with Crippen LogP contribution in [0.1, 0.15) is 0 Å². The van der Waals surface area contributed by atoms with Gasteiger partial charge in [0.1, 0.15) is 10.7 Å². The van der Waals surface area contributed by atoms with Crippen LogP contribution in [0.3, 0.4) is 0 Å². The van der Waals surface area contributed by atoms with Gasteiger partial charge in [-0.05, 0) is 12.1 Å². The molecule has 1 heterocycles. The summed E-state index contributed by atoms with van der Waals surface area (Å²) >= 11 is 5.72. The molecule has 0 fully saturated rings. The van der Waals surface area contributed by atoms with Gasteiger partial charge in [-0.15, -0.1) is 0 Å². The van der Waals surface area contributed by atoms with Gasteiger partial charge >= 0.3 is 0 Å². The van der Waals surface area contributed by atoms with Crippen LogP contribution in [-0.2, 0) is 10.0 Å². The Labute approximate surface area is 85.1 Å². The van der Waals surface area contributed by atoms with E-state index in [1.54, 1.807) is 0 Å². The average Bonchev–Trinajstić information content (AvgIpc) is 2.10. The Bertz CT molecular complexity index is 489. The number of rotatable bonds is 0. The van der Waals surface area contributed by atoms with Crippen molar-refractivity contribution in [3.63, 3.8) is 0 Å². The largest absolute Gasteiger partial charge is 0.369 e. The van der Waals surface area contributed by atoms with Crippen molar-refractivity contribution in [1.82, 2.24) is 4.72 Å². The van der Waals surface area contributed by atoms with Crippen molar-refractivity contribution in [1.29, 1.82) is 0 Å². The molecule has 4 nitrogen and oxygen atoms in total. The molecular weight excluding hydrogens is 231 g/mol. The lowest BCUT2D eigenvalue weighted by molar-refractivity contribution is 0.555. The monoisotopic (exact) mass is 236 g/mol. The number of hydrogen-bond acceptors (Lipinski definition) is 3. The maximum Gasteiger partial charge on any atom is 0.247 e. The number of halogens is 2. The molecule has 1 aliphatic rings. The summed E-state index contributed by atoms with van der Waals surface area (Å²) in [6.07, 6.45) is 0. The maximum atomic E-state index is 13.2. The molecule has 0 saturated heterocycles. The number of nitrogens with one attached hydrogen (secondary N) is 2. The topological polar surface area (TPSA) is 58.2 Å². The molecule has 0 atom stereocenters. The van der Waals surface area contributed by atoms with E-state index >= 15 is 0 Å². The van der Waals surface area contributed by atoms with E-state index in [2.05, 4.69) is 10.0 Å². The van der Waals surface area contributed by atoms with E-state index in [0.29, 0.717) is 0 Å². The van der Waals surface area contributed by atoms with E-state index in [-0.39, 0.29) is 17.4 Å². The average molecular weight is 237 g/mol. The Kier molecular flexibility index (Phi) is 2.13. The zero-order chi connectivity index (χ0) is 10.3. The molecule has 0 radical (unpaired) electrons. The highest BCUT2D eigenvalue weighted by atomic mass is 35.5. The molecule has 2 rings (SSSR count). The minimum atomic E-state index is -3.77. The van der Waals surface area contributed by atoms with Crippen molar-refractivity contribution in [2.24, 2.45) is 0 Å². The summed E-state index contributed by atoms with van der Waals surface area (Å²) in [5.41, 5.74) is 0.116. The lowest BCUT2D eigenvalue weighted by atomic mass is 10.3. The second-order valence-corrected chi connectivity index (χ2v) is 4.85. The fraction of sp³-hybridized carbons (Fsp3) is 0.143. The number of hydrogen-bond donors (Lipinski definition) is 2. The summed E-state index contributed by atoms with van der Waals surface area (Å²) in [6, 6.07) is 2.33. The Morgan fingerprint density at radius 3 is 2.79 bits per heavy atom. The summed E-state index contributed by atoms with van der Waals surface area (Å²) in [5, 5.41) is 2.85. The number of anilines is 1. The van der Waals surface area contributed by atoms with Crippen molar-refractivity contribution in [2.75, 3.05) is 12.0 Å². The first-order chi connectivity index (χ1) is 6.52. The summed E-state index contributed by atoms with van der Waals surface area (Å²) in [6.45, 7) is 0.0124. The van der Waals surface area contributed by atoms with Crippen LogP contribution < -0.4 is 10.0 Å². The lowest BCUT2D eigenvalue weighted by Gasteiger charge is -2.20. The van der Waals surface area contributed by atoms with Crippen LogP contribution in [0.5, 0.6) is 0 Å². The zero-order valence-corrected chi connectivity index (χ0v) is 8.41. The van der Waals surface area contributed by atoms with Crippen molar-refractivity contribution >= 4 is 27.3 Å². The smallest absolute Gasteiger partial charge is 0.247 e. The van der Waals surface area contributed by atoms with Gasteiger partial charge in [-0.1, -0.05) is 11.6 Å². The van der Waals surface area contributed by atoms with Gasteiger partial charge in [-0.25, -0.2) is 12.8 Å². The summed E-state index contributed by atoms with van der Waals surface area (Å²) < 4.78 is 38.2. The highest BCUT2D eigenvalue weighted by Gasteiger charge is 2.28. The van der Waals surface area contributed by atoms with E-state index in [1.165, 1.54) is 6.07 Å². The van der Waals surface area contributed by atoms with E-state index in [9.17, 15) is 12.8 Å². The second-order valence-electron chi connectivity index (χ2n) is 2.73. The Balaban J connectivity index is 2.81. The quantitative estimate of drug-likeness (QED) is 0.710. The van der Waals surface area contributed by atoms with Crippen LogP contribution in [0, 0.1) is 5.82 Å². The Morgan fingerprint density at radius 1 is 1.43 bits per heavy atom. The molecule has 2 N–H and O–H groups in total. The van der Waals surface area contributed by atoms with E-state index in [1.807, 2.05) is 0 Å². The minimum absolute atomic E-state index is 0.0124. The molecular formula is C7H6ClFN2O2S. The molecule has 0 aliphatic carbocycles. The van der Waals surface area contributed by atoms with Crippen molar-refractivity contribution in [3.05, 3.63) is 23.0 Å². The fourth-order valence-corrected chi connectivity index (χ4v) is 2.71. The molecule has 0 amide bonds. The standard InChI is InChI=1S/C7H6ClFN2O2S/c8-4-1-2-5(9)7-6(4)10-3-11-14(7,12)13/h1-2,10-11H,3H2. The predicted molar refractivity (Wildman–Crippen MR) is 50.2 cm³/mol. The van der Waals surface area contributed by atoms with Gasteiger partial charge in [0.15, 0.2) is 0 Å². The SMILES string of the molecule is O=S1(=O)NCNc2c(Cl)ccc(F)c21. The molecule has 0 aromatic heterocycles. The Hall–Kier alpha value is -0.850. The first kappa shape index (κ1) is 9.70.